The molecule has 0 radical (unpaired) electrons. The molecule has 3 heteroatoms. The van der Waals surface area contributed by atoms with E-state index in [4.69, 9.17) is 9.16 Å². The summed E-state index contributed by atoms with van der Waals surface area (Å²) in [5.41, 5.74) is 2.44. The summed E-state index contributed by atoms with van der Waals surface area (Å²) in [6, 6.07) is 8.44. The van der Waals surface area contributed by atoms with Crippen molar-refractivity contribution in [2.75, 3.05) is 6.61 Å². The van der Waals surface area contributed by atoms with Crippen molar-refractivity contribution in [3.8, 4) is 11.8 Å². The molecule has 1 aromatic rings. The molecule has 0 N–H and O–H groups in total. The Balaban J connectivity index is 2.25. The first-order valence-electron chi connectivity index (χ1n) is 12.0. The molecule has 0 saturated carbocycles. The number of hydrogen-bond acceptors (Lipinski definition) is 2. The minimum atomic E-state index is -1.75. The zero-order chi connectivity index (χ0) is 22.3. The highest BCUT2D eigenvalue weighted by molar-refractivity contribution is 6.74. The fourth-order valence-corrected chi connectivity index (χ4v) is 3.96. The van der Waals surface area contributed by atoms with Crippen molar-refractivity contribution in [3.05, 3.63) is 35.4 Å². The van der Waals surface area contributed by atoms with Gasteiger partial charge in [-0.15, -0.1) is 5.92 Å². The van der Waals surface area contributed by atoms with Crippen LogP contribution in [0.5, 0.6) is 0 Å². The predicted molar refractivity (Wildman–Crippen MR) is 133 cm³/mol. The smallest absolute Gasteiger partial charge is 0.192 e. The molecule has 1 aromatic carbocycles. The van der Waals surface area contributed by atoms with Gasteiger partial charge in [0.05, 0.1) is 13.2 Å². The van der Waals surface area contributed by atoms with E-state index in [2.05, 4.69) is 76.9 Å². The van der Waals surface area contributed by atoms with Gasteiger partial charge in [-0.05, 0) is 35.7 Å². The predicted octanol–water partition coefficient (Wildman–Crippen LogP) is 8.26. The third kappa shape index (κ3) is 11.3. The van der Waals surface area contributed by atoms with Gasteiger partial charge in [0.15, 0.2) is 8.32 Å². The average Bonchev–Trinajstić information content (AvgIpc) is 2.70. The van der Waals surface area contributed by atoms with Gasteiger partial charge in [0.1, 0.15) is 6.61 Å². The van der Waals surface area contributed by atoms with E-state index in [-0.39, 0.29) is 5.04 Å². The number of ether oxygens (including phenoxy) is 1. The largest absolute Gasteiger partial charge is 0.413 e. The highest BCUT2D eigenvalue weighted by Crippen LogP contribution is 2.37. The highest BCUT2D eigenvalue weighted by atomic mass is 28.4. The average molecular weight is 431 g/mol. The van der Waals surface area contributed by atoms with Crippen LogP contribution in [0, 0.1) is 11.8 Å². The molecule has 0 fully saturated rings. The molecule has 30 heavy (non-hydrogen) atoms. The van der Waals surface area contributed by atoms with E-state index in [1.54, 1.807) is 0 Å². The van der Waals surface area contributed by atoms with E-state index in [1.165, 1.54) is 62.5 Å². The molecule has 0 aliphatic heterocycles. The van der Waals surface area contributed by atoms with Crippen LogP contribution in [-0.4, -0.2) is 14.9 Å². The van der Waals surface area contributed by atoms with Crippen LogP contribution in [0.1, 0.15) is 96.6 Å². The zero-order valence-corrected chi connectivity index (χ0v) is 21.6. The first kappa shape index (κ1) is 27.0. The molecule has 0 bridgehead atoms. The molecule has 0 atom stereocenters. The topological polar surface area (TPSA) is 18.5 Å². The summed E-state index contributed by atoms with van der Waals surface area (Å²) in [5.74, 6) is 6.44. The van der Waals surface area contributed by atoms with E-state index < -0.39 is 8.32 Å². The van der Waals surface area contributed by atoms with Gasteiger partial charge in [0, 0.05) is 6.42 Å². The Morgan fingerprint density at radius 1 is 0.800 bits per heavy atom. The molecule has 0 heterocycles. The number of rotatable bonds is 14. The molecule has 2 nitrogen and oxygen atoms in total. The van der Waals surface area contributed by atoms with Crippen molar-refractivity contribution in [1.82, 2.24) is 0 Å². The Morgan fingerprint density at radius 3 is 1.97 bits per heavy atom. The third-order valence-corrected chi connectivity index (χ3v) is 10.7. The molecule has 0 saturated heterocycles. The zero-order valence-electron chi connectivity index (χ0n) is 20.6. The lowest BCUT2D eigenvalue weighted by Gasteiger charge is -2.36. The monoisotopic (exact) mass is 430 g/mol. The lowest BCUT2D eigenvalue weighted by atomic mass is 10.1. The molecular formula is C27H46O2Si. The minimum Gasteiger partial charge on any atom is -0.413 e. The fourth-order valence-electron chi connectivity index (χ4n) is 3.01. The van der Waals surface area contributed by atoms with E-state index in [0.717, 1.165) is 6.42 Å². The van der Waals surface area contributed by atoms with Crippen LogP contribution in [0.25, 0.3) is 0 Å². The van der Waals surface area contributed by atoms with Gasteiger partial charge >= 0.3 is 0 Å². The lowest BCUT2D eigenvalue weighted by Crippen LogP contribution is -2.40. The number of benzene rings is 1. The Morgan fingerprint density at radius 2 is 1.37 bits per heavy atom. The van der Waals surface area contributed by atoms with Crippen LogP contribution in [-0.2, 0) is 22.4 Å². The molecule has 0 amide bonds. The second-order valence-corrected chi connectivity index (χ2v) is 14.7. The fraction of sp³-hybridized carbons (Fsp3) is 0.704. The summed E-state index contributed by atoms with van der Waals surface area (Å²) >= 11 is 0. The van der Waals surface area contributed by atoms with Crippen LogP contribution in [0.3, 0.4) is 0 Å². The van der Waals surface area contributed by atoms with E-state index in [9.17, 15) is 0 Å². The molecule has 0 aliphatic carbocycles. The van der Waals surface area contributed by atoms with Crippen LogP contribution in [0.4, 0.5) is 0 Å². The standard InChI is InChI=1S/C27H46O2Si/c1-7-8-9-10-11-12-13-14-15-16-19-22-28-23-25-20-17-18-21-26(25)24-29-30(5,6)27(2,3)4/h17-18,20-21H,7-15,22-24H2,1-6H3. The Bertz CT molecular complexity index is 634. The first-order valence-corrected chi connectivity index (χ1v) is 14.9. The Labute approximate surface area is 188 Å². The minimum absolute atomic E-state index is 0.225. The number of unbranched alkanes of at least 4 members (excludes halogenated alkanes) is 8. The molecule has 0 unspecified atom stereocenters. The second kappa shape index (κ2) is 14.8. The summed E-state index contributed by atoms with van der Waals surface area (Å²) < 4.78 is 12.2. The van der Waals surface area contributed by atoms with Gasteiger partial charge in [-0.3, -0.25) is 0 Å². The maximum absolute atomic E-state index is 6.39. The van der Waals surface area contributed by atoms with E-state index >= 15 is 0 Å². The molecule has 1 rings (SSSR count). The molecule has 0 aliphatic rings. The number of hydrogen-bond donors (Lipinski definition) is 0. The van der Waals surface area contributed by atoms with Crippen molar-refractivity contribution in [3.63, 3.8) is 0 Å². The SMILES string of the molecule is CCCCCCCCCCC#CCOCc1ccccc1CO[Si](C)(C)C(C)(C)C. The normalized spacial score (nSPS) is 11.9. The lowest BCUT2D eigenvalue weighted by molar-refractivity contribution is 0.151. The highest BCUT2D eigenvalue weighted by Gasteiger charge is 2.37. The molecule has 0 aromatic heterocycles. The van der Waals surface area contributed by atoms with Crippen LogP contribution >= 0.6 is 0 Å². The summed E-state index contributed by atoms with van der Waals surface area (Å²) in [7, 11) is -1.75. The van der Waals surface area contributed by atoms with Crippen LogP contribution in [0.15, 0.2) is 24.3 Å². The third-order valence-electron chi connectivity index (χ3n) is 6.23. The molecular weight excluding hydrogens is 384 g/mol. The Kier molecular flexibility index (Phi) is 13.3. The summed E-state index contributed by atoms with van der Waals surface area (Å²) in [6.45, 7) is 15.5. The maximum atomic E-state index is 6.39. The van der Waals surface area contributed by atoms with Crippen molar-refractivity contribution in [1.29, 1.82) is 0 Å². The van der Waals surface area contributed by atoms with Crippen molar-refractivity contribution in [2.24, 2.45) is 0 Å². The van der Waals surface area contributed by atoms with Crippen LogP contribution in [0.2, 0.25) is 18.1 Å². The van der Waals surface area contributed by atoms with Crippen molar-refractivity contribution < 1.29 is 9.16 Å². The summed E-state index contributed by atoms with van der Waals surface area (Å²) in [5, 5.41) is 0.225. The van der Waals surface area contributed by atoms with Crippen molar-refractivity contribution in [2.45, 2.75) is 117 Å². The Hall–Kier alpha value is -1.08. The van der Waals surface area contributed by atoms with Gasteiger partial charge in [0.2, 0.25) is 0 Å². The van der Waals surface area contributed by atoms with Gasteiger partial charge in [-0.1, -0.05) is 103 Å². The van der Waals surface area contributed by atoms with E-state index in [1.807, 2.05) is 0 Å². The quantitative estimate of drug-likeness (QED) is 0.168. The van der Waals surface area contributed by atoms with Gasteiger partial charge in [0.25, 0.3) is 0 Å². The van der Waals surface area contributed by atoms with Crippen molar-refractivity contribution >= 4 is 8.32 Å². The first-order chi connectivity index (χ1) is 14.3. The van der Waals surface area contributed by atoms with Gasteiger partial charge < -0.3 is 9.16 Å². The van der Waals surface area contributed by atoms with Gasteiger partial charge in [-0.2, -0.15) is 0 Å². The maximum Gasteiger partial charge on any atom is 0.192 e. The molecule has 0 spiro atoms. The van der Waals surface area contributed by atoms with Gasteiger partial charge in [-0.25, -0.2) is 0 Å². The summed E-state index contributed by atoms with van der Waals surface area (Å²) in [6.07, 6.45) is 11.8. The van der Waals surface area contributed by atoms with Crippen LogP contribution < -0.4 is 0 Å². The second-order valence-electron chi connectivity index (χ2n) is 9.89. The molecule has 170 valence electrons. The summed E-state index contributed by atoms with van der Waals surface area (Å²) in [4.78, 5) is 0. The van der Waals surface area contributed by atoms with E-state index in [0.29, 0.717) is 19.8 Å².